The van der Waals surface area contributed by atoms with E-state index in [0.717, 1.165) is 31.9 Å². The zero-order valence-electron chi connectivity index (χ0n) is 18.4. The number of H-pyrrole nitrogens is 1. The predicted octanol–water partition coefficient (Wildman–Crippen LogP) is 4.53. The molecule has 0 radical (unpaired) electrons. The normalized spacial score (nSPS) is 16.2. The molecule has 1 aromatic carbocycles. The minimum atomic E-state index is -5.00. The van der Waals surface area contributed by atoms with E-state index in [4.69, 9.17) is 0 Å². The van der Waals surface area contributed by atoms with Gasteiger partial charge in [0, 0.05) is 23.3 Å². The number of alkyl halides is 6. The molecule has 192 valence electrons. The Morgan fingerprint density at radius 2 is 1.86 bits per heavy atom. The summed E-state index contributed by atoms with van der Waals surface area (Å²) in [7, 11) is 0.959. The van der Waals surface area contributed by atoms with E-state index in [1.165, 1.54) is 0 Å². The molecule has 1 fully saturated rings. The smallest absolute Gasteiger partial charge is 0.420 e. The van der Waals surface area contributed by atoms with E-state index in [0.29, 0.717) is 19.2 Å². The Hall–Kier alpha value is -3.88. The summed E-state index contributed by atoms with van der Waals surface area (Å²) in [5.74, 6) is -0.985. The van der Waals surface area contributed by atoms with Gasteiger partial charge in [-0.3, -0.25) is 15.4 Å². The van der Waals surface area contributed by atoms with Crippen LogP contribution in [0, 0.1) is 0 Å². The number of hydrogen-bond acceptors (Lipinski definition) is 6. The number of aromatic amines is 1. The number of benzene rings is 1. The minimum Gasteiger partial charge on any atom is -0.453 e. The van der Waals surface area contributed by atoms with Crippen molar-refractivity contribution in [2.45, 2.75) is 31.2 Å². The maximum atomic E-state index is 13.9. The van der Waals surface area contributed by atoms with Crippen LogP contribution in [0.4, 0.5) is 42.8 Å². The molecule has 0 spiro atoms. The van der Waals surface area contributed by atoms with Crippen molar-refractivity contribution >= 4 is 34.5 Å². The van der Waals surface area contributed by atoms with Gasteiger partial charge < -0.3 is 15.0 Å². The number of ether oxygens (including phenoxy) is 1. The van der Waals surface area contributed by atoms with Gasteiger partial charge in [-0.05, 0) is 25.5 Å². The maximum absolute atomic E-state index is 13.9. The van der Waals surface area contributed by atoms with Gasteiger partial charge in [0.1, 0.15) is 11.1 Å². The minimum absolute atomic E-state index is 0.253. The van der Waals surface area contributed by atoms with Crippen molar-refractivity contribution in [3.8, 4) is 11.3 Å². The third-order valence-corrected chi connectivity index (χ3v) is 5.52. The van der Waals surface area contributed by atoms with E-state index >= 15 is 0 Å². The second-order valence-electron chi connectivity index (χ2n) is 7.82. The molecule has 4 rings (SSSR count). The number of carbonyl (C=O) groups is 2. The molecular weight excluding hydrogens is 498 g/mol. The summed E-state index contributed by atoms with van der Waals surface area (Å²) in [5.41, 5.74) is -4.93. The van der Waals surface area contributed by atoms with E-state index in [1.54, 1.807) is 0 Å². The van der Waals surface area contributed by atoms with Crippen molar-refractivity contribution in [2.24, 2.45) is 0 Å². The lowest BCUT2D eigenvalue weighted by atomic mass is 10.0. The average Bonchev–Trinajstić information content (AvgIpc) is 3.47. The summed E-state index contributed by atoms with van der Waals surface area (Å²) in [5, 5.41) is 6.95. The van der Waals surface area contributed by atoms with Gasteiger partial charge in [-0.25, -0.2) is 14.8 Å². The molecule has 2 aromatic heterocycles. The van der Waals surface area contributed by atoms with Gasteiger partial charge in [-0.1, -0.05) is 6.07 Å². The zero-order valence-corrected chi connectivity index (χ0v) is 18.4. The fourth-order valence-corrected chi connectivity index (χ4v) is 3.92. The summed E-state index contributed by atoms with van der Waals surface area (Å²) in [6.07, 6.45) is -8.47. The Bertz CT molecular complexity index is 1310. The Labute approximate surface area is 198 Å². The number of rotatable bonds is 4. The highest BCUT2D eigenvalue weighted by atomic mass is 19.4. The monoisotopic (exact) mass is 516 g/mol. The molecule has 3 aromatic rings. The number of aromatic nitrogens is 3. The molecule has 1 saturated heterocycles. The molecule has 9 nitrogen and oxygen atoms in total. The van der Waals surface area contributed by atoms with Crippen LogP contribution < -0.4 is 16.0 Å². The fourth-order valence-electron chi connectivity index (χ4n) is 3.92. The van der Waals surface area contributed by atoms with Crippen LogP contribution in [0.3, 0.4) is 0 Å². The van der Waals surface area contributed by atoms with Crippen molar-refractivity contribution in [1.82, 2.24) is 20.3 Å². The van der Waals surface area contributed by atoms with Crippen molar-refractivity contribution in [2.75, 3.05) is 24.3 Å². The van der Waals surface area contributed by atoms with Gasteiger partial charge in [0.05, 0.1) is 30.0 Å². The number of anilines is 2. The molecule has 2 amide bonds. The van der Waals surface area contributed by atoms with Crippen LogP contribution in [-0.4, -0.2) is 46.6 Å². The Morgan fingerprint density at radius 1 is 1.11 bits per heavy atom. The molecule has 0 unspecified atom stereocenters. The Morgan fingerprint density at radius 3 is 2.47 bits per heavy atom. The van der Waals surface area contributed by atoms with Crippen molar-refractivity contribution in [3.05, 3.63) is 35.7 Å². The maximum Gasteiger partial charge on any atom is 0.420 e. The highest BCUT2D eigenvalue weighted by Crippen LogP contribution is 2.44. The van der Waals surface area contributed by atoms with E-state index in [1.807, 2.05) is 5.32 Å². The first kappa shape index (κ1) is 25.2. The highest BCUT2D eigenvalue weighted by molar-refractivity contribution is 6.01. The lowest BCUT2D eigenvalue weighted by Gasteiger charge is -2.16. The van der Waals surface area contributed by atoms with Gasteiger partial charge in [0.15, 0.2) is 0 Å². The quantitative estimate of drug-likeness (QED) is 0.378. The van der Waals surface area contributed by atoms with Crippen LogP contribution in [-0.2, 0) is 21.9 Å². The number of halogens is 6. The zero-order chi connectivity index (χ0) is 26.3. The molecule has 3 heterocycles. The summed E-state index contributed by atoms with van der Waals surface area (Å²) >= 11 is 0. The lowest BCUT2D eigenvalue weighted by molar-refractivity contribution is -0.137. The number of carbonyl (C=O) groups excluding carboxylic acids is 2. The number of amides is 2. The van der Waals surface area contributed by atoms with Crippen LogP contribution in [0.25, 0.3) is 22.2 Å². The molecule has 0 aliphatic carbocycles. The number of hydrogen-bond donors (Lipinski definition) is 4. The van der Waals surface area contributed by atoms with Crippen molar-refractivity contribution < 1.29 is 40.7 Å². The van der Waals surface area contributed by atoms with Crippen LogP contribution in [0.1, 0.15) is 24.0 Å². The van der Waals surface area contributed by atoms with Gasteiger partial charge in [-0.2, -0.15) is 26.3 Å². The third kappa shape index (κ3) is 4.91. The van der Waals surface area contributed by atoms with Crippen LogP contribution in [0.5, 0.6) is 0 Å². The van der Waals surface area contributed by atoms with Gasteiger partial charge in [0.25, 0.3) is 0 Å². The number of nitrogens with zero attached hydrogens (tertiary/aromatic N) is 2. The van der Waals surface area contributed by atoms with Gasteiger partial charge in [-0.15, -0.1) is 0 Å². The molecule has 36 heavy (non-hydrogen) atoms. The standard InChI is InChI=1S/C21H18F6N6O3/c1-36-19(35)31-12-5-4-9-10(7-29-16(9)14(12)21(25,26)27)15-11(20(22,23)24)8-30-18(32-15)33-17(34)13-3-2-6-28-13/h4-5,7-8,13,28-29H,2-3,6H2,1H3,(H,31,35)(H,30,32,33,34)/t13-/m1/s1. The molecule has 4 N–H and O–H groups in total. The first-order valence-electron chi connectivity index (χ1n) is 10.4. The summed E-state index contributed by atoms with van der Waals surface area (Å²) in [4.78, 5) is 33.6. The fraction of sp³-hybridized carbons (Fsp3) is 0.333. The predicted molar refractivity (Wildman–Crippen MR) is 115 cm³/mol. The van der Waals surface area contributed by atoms with Crippen molar-refractivity contribution in [1.29, 1.82) is 0 Å². The van der Waals surface area contributed by atoms with Crippen LogP contribution >= 0.6 is 0 Å². The molecule has 1 atom stereocenters. The second-order valence-corrected chi connectivity index (χ2v) is 7.82. The van der Waals surface area contributed by atoms with E-state index in [-0.39, 0.29) is 10.9 Å². The van der Waals surface area contributed by atoms with Crippen LogP contribution in [0.2, 0.25) is 0 Å². The van der Waals surface area contributed by atoms with Gasteiger partial charge in [0.2, 0.25) is 11.9 Å². The molecule has 0 saturated carbocycles. The summed E-state index contributed by atoms with van der Waals surface area (Å²) < 4.78 is 87.3. The number of fused-ring (bicyclic) bond motifs is 1. The second kappa shape index (κ2) is 9.29. The number of nitrogens with one attached hydrogen (secondary N) is 4. The highest BCUT2D eigenvalue weighted by Gasteiger charge is 2.39. The summed E-state index contributed by atoms with van der Waals surface area (Å²) in [6, 6.07) is 1.43. The first-order chi connectivity index (χ1) is 16.9. The summed E-state index contributed by atoms with van der Waals surface area (Å²) in [6.45, 7) is 0.598. The van der Waals surface area contributed by atoms with Crippen molar-refractivity contribution in [3.63, 3.8) is 0 Å². The van der Waals surface area contributed by atoms with E-state index in [2.05, 4.69) is 30.3 Å². The largest absolute Gasteiger partial charge is 0.453 e. The topological polar surface area (TPSA) is 121 Å². The first-order valence-corrected chi connectivity index (χ1v) is 10.4. The number of methoxy groups -OCH3 is 1. The molecule has 1 aliphatic heterocycles. The van der Waals surface area contributed by atoms with Crippen LogP contribution in [0.15, 0.2) is 24.5 Å². The third-order valence-electron chi connectivity index (χ3n) is 5.52. The molecule has 15 heteroatoms. The Balaban J connectivity index is 1.85. The molecule has 1 aliphatic rings. The SMILES string of the molecule is COC(=O)Nc1ccc2c(-c3nc(NC(=O)[C@H]4CCCN4)ncc3C(F)(F)F)c[nH]c2c1C(F)(F)F. The van der Waals surface area contributed by atoms with E-state index in [9.17, 15) is 35.9 Å². The lowest BCUT2D eigenvalue weighted by Crippen LogP contribution is -2.36. The molecular formula is C21H18F6N6O3. The van der Waals surface area contributed by atoms with E-state index < -0.39 is 64.4 Å². The Kier molecular flexibility index (Phi) is 6.51. The molecule has 0 bridgehead atoms. The average molecular weight is 516 g/mol. The van der Waals surface area contributed by atoms with Gasteiger partial charge >= 0.3 is 18.4 Å².